The molecule has 1 heterocycles. The van der Waals surface area contributed by atoms with Crippen molar-refractivity contribution < 1.29 is 9.53 Å². The van der Waals surface area contributed by atoms with Gasteiger partial charge in [-0.25, -0.2) is 0 Å². The highest BCUT2D eigenvalue weighted by molar-refractivity contribution is 9.10. The summed E-state index contributed by atoms with van der Waals surface area (Å²) in [6.07, 6.45) is 0.790. The molecule has 0 saturated carbocycles. The molecule has 2 aromatic rings. The number of hydrogen-bond acceptors (Lipinski definition) is 2. The number of nitrogens with zero attached hydrogens (tertiary/aromatic N) is 1. The zero-order valence-electron chi connectivity index (χ0n) is 11.2. The van der Waals surface area contributed by atoms with Crippen LogP contribution in [-0.4, -0.2) is 19.1 Å². The first-order valence-corrected chi connectivity index (χ1v) is 7.82. The van der Waals surface area contributed by atoms with Crippen molar-refractivity contribution in [2.45, 2.75) is 6.42 Å². The highest BCUT2D eigenvalue weighted by Crippen LogP contribution is 2.33. The van der Waals surface area contributed by atoms with Gasteiger partial charge in [0, 0.05) is 16.0 Å². The van der Waals surface area contributed by atoms with Gasteiger partial charge in [0.05, 0.1) is 17.9 Å². The number of ether oxygens (including phenoxy) is 1. The van der Waals surface area contributed by atoms with Crippen LogP contribution in [-0.2, 0) is 0 Å². The highest BCUT2D eigenvalue weighted by Gasteiger charge is 2.24. The summed E-state index contributed by atoms with van der Waals surface area (Å²) in [4.78, 5) is 14.6. The van der Waals surface area contributed by atoms with Crippen molar-refractivity contribution in [3.63, 3.8) is 0 Å². The second kappa shape index (κ2) is 6.08. The Labute approximate surface area is 136 Å². The zero-order chi connectivity index (χ0) is 14.8. The van der Waals surface area contributed by atoms with E-state index in [1.807, 2.05) is 24.3 Å². The lowest BCUT2D eigenvalue weighted by Crippen LogP contribution is -2.31. The summed E-state index contributed by atoms with van der Waals surface area (Å²) in [7, 11) is 0. The van der Waals surface area contributed by atoms with E-state index in [0.29, 0.717) is 23.7 Å². The van der Waals surface area contributed by atoms with Crippen molar-refractivity contribution in [2.24, 2.45) is 0 Å². The van der Waals surface area contributed by atoms with E-state index >= 15 is 0 Å². The minimum absolute atomic E-state index is 0.0812. The lowest BCUT2D eigenvalue weighted by Gasteiger charge is -2.22. The molecule has 5 heteroatoms. The lowest BCUT2D eigenvalue weighted by molar-refractivity contribution is 0.0986. The third-order valence-corrected chi connectivity index (χ3v) is 4.27. The number of anilines is 1. The molecule has 1 aliphatic heterocycles. The summed E-state index contributed by atoms with van der Waals surface area (Å²) in [5.41, 5.74) is 1.35. The second-order valence-corrected chi connectivity index (χ2v) is 6.04. The van der Waals surface area contributed by atoms with Crippen molar-refractivity contribution >= 4 is 39.1 Å². The van der Waals surface area contributed by atoms with Gasteiger partial charge in [0.15, 0.2) is 0 Å². The molecule has 0 saturated heterocycles. The SMILES string of the molecule is O=C(c1cc(Cl)ccc1Br)N1CCCOc2ccccc21. The predicted molar refractivity (Wildman–Crippen MR) is 87.4 cm³/mol. The first-order chi connectivity index (χ1) is 10.2. The van der Waals surface area contributed by atoms with E-state index in [4.69, 9.17) is 16.3 Å². The fourth-order valence-corrected chi connectivity index (χ4v) is 2.93. The Hall–Kier alpha value is -1.52. The van der Waals surface area contributed by atoms with Crippen LogP contribution in [0.1, 0.15) is 16.8 Å². The van der Waals surface area contributed by atoms with Gasteiger partial charge in [0.1, 0.15) is 5.75 Å². The van der Waals surface area contributed by atoms with E-state index in [2.05, 4.69) is 15.9 Å². The van der Waals surface area contributed by atoms with Gasteiger partial charge in [-0.3, -0.25) is 4.79 Å². The van der Waals surface area contributed by atoms with Crippen LogP contribution in [0, 0.1) is 0 Å². The van der Waals surface area contributed by atoms with Gasteiger partial charge in [-0.05, 0) is 52.7 Å². The van der Waals surface area contributed by atoms with Crippen LogP contribution >= 0.6 is 27.5 Å². The van der Waals surface area contributed by atoms with E-state index in [1.165, 1.54) is 0 Å². The standard InChI is InChI=1S/C16H13BrClNO2/c17-13-7-6-11(18)10-12(13)16(20)19-8-3-9-21-15-5-2-1-4-14(15)19/h1-2,4-7,10H,3,8-9H2. The molecule has 0 unspecified atom stereocenters. The summed E-state index contributed by atoms with van der Waals surface area (Å²) in [6.45, 7) is 1.23. The Morgan fingerprint density at radius 1 is 1.24 bits per heavy atom. The Bertz CT molecular complexity index is 690. The molecule has 3 nitrogen and oxygen atoms in total. The maximum atomic E-state index is 12.9. The fraction of sp³-hybridized carbons (Fsp3) is 0.188. The summed E-state index contributed by atoms with van der Waals surface area (Å²) in [5.74, 6) is 0.656. The van der Waals surface area contributed by atoms with Gasteiger partial charge in [0.2, 0.25) is 0 Å². The van der Waals surface area contributed by atoms with Crippen molar-refractivity contribution in [3.8, 4) is 5.75 Å². The average Bonchev–Trinajstić information content (AvgIpc) is 2.71. The number of amides is 1. The molecular formula is C16H13BrClNO2. The minimum atomic E-state index is -0.0812. The Morgan fingerprint density at radius 3 is 2.90 bits per heavy atom. The molecule has 0 spiro atoms. The molecule has 1 amide bonds. The van der Waals surface area contributed by atoms with Crippen LogP contribution in [0.25, 0.3) is 0 Å². The van der Waals surface area contributed by atoms with E-state index in [9.17, 15) is 4.79 Å². The van der Waals surface area contributed by atoms with E-state index in [-0.39, 0.29) is 5.91 Å². The van der Waals surface area contributed by atoms with Crippen LogP contribution in [0.2, 0.25) is 5.02 Å². The Kier molecular flexibility index (Phi) is 4.17. The molecular weight excluding hydrogens is 354 g/mol. The van der Waals surface area contributed by atoms with Crippen molar-refractivity contribution in [3.05, 3.63) is 57.5 Å². The second-order valence-electron chi connectivity index (χ2n) is 4.75. The van der Waals surface area contributed by atoms with Gasteiger partial charge in [-0.1, -0.05) is 23.7 Å². The van der Waals surface area contributed by atoms with Crippen molar-refractivity contribution in [2.75, 3.05) is 18.1 Å². The predicted octanol–water partition coefficient (Wildman–Crippen LogP) is 4.53. The van der Waals surface area contributed by atoms with Crippen LogP contribution in [0.15, 0.2) is 46.9 Å². The molecule has 2 aromatic carbocycles. The van der Waals surface area contributed by atoms with E-state index in [0.717, 1.165) is 22.3 Å². The summed E-state index contributed by atoms with van der Waals surface area (Å²) >= 11 is 9.44. The first kappa shape index (κ1) is 14.4. The van der Waals surface area contributed by atoms with Crippen molar-refractivity contribution in [1.82, 2.24) is 0 Å². The highest BCUT2D eigenvalue weighted by atomic mass is 79.9. The number of fused-ring (bicyclic) bond motifs is 1. The topological polar surface area (TPSA) is 29.5 Å². The number of hydrogen-bond donors (Lipinski definition) is 0. The van der Waals surface area contributed by atoms with Gasteiger partial charge >= 0.3 is 0 Å². The third kappa shape index (κ3) is 2.92. The number of halogens is 2. The van der Waals surface area contributed by atoms with Crippen LogP contribution < -0.4 is 9.64 Å². The number of rotatable bonds is 1. The Balaban J connectivity index is 2.03. The van der Waals surface area contributed by atoms with Crippen LogP contribution in [0.5, 0.6) is 5.75 Å². The number of para-hydroxylation sites is 2. The average molecular weight is 367 g/mol. The van der Waals surface area contributed by atoms with Gasteiger partial charge in [-0.2, -0.15) is 0 Å². The van der Waals surface area contributed by atoms with Gasteiger partial charge < -0.3 is 9.64 Å². The molecule has 21 heavy (non-hydrogen) atoms. The van der Waals surface area contributed by atoms with Gasteiger partial charge in [0.25, 0.3) is 5.91 Å². The largest absolute Gasteiger partial charge is 0.491 e. The van der Waals surface area contributed by atoms with E-state index < -0.39 is 0 Å². The minimum Gasteiger partial charge on any atom is -0.491 e. The normalized spacial score (nSPS) is 14.1. The van der Waals surface area contributed by atoms with Gasteiger partial charge in [-0.15, -0.1) is 0 Å². The molecule has 0 atom stereocenters. The summed E-state index contributed by atoms with van der Waals surface area (Å²) < 4.78 is 6.42. The van der Waals surface area contributed by atoms with Crippen LogP contribution in [0.4, 0.5) is 5.69 Å². The van der Waals surface area contributed by atoms with E-state index in [1.54, 1.807) is 23.1 Å². The maximum Gasteiger partial charge on any atom is 0.259 e. The number of benzene rings is 2. The number of carbonyl (C=O) groups is 1. The molecule has 0 bridgehead atoms. The van der Waals surface area contributed by atoms with Crippen LogP contribution in [0.3, 0.4) is 0 Å². The Morgan fingerprint density at radius 2 is 2.05 bits per heavy atom. The smallest absolute Gasteiger partial charge is 0.259 e. The molecule has 0 aliphatic carbocycles. The summed E-state index contributed by atoms with van der Waals surface area (Å²) in [5, 5.41) is 0.543. The zero-order valence-corrected chi connectivity index (χ0v) is 13.5. The molecule has 3 rings (SSSR count). The maximum absolute atomic E-state index is 12.9. The lowest BCUT2D eigenvalue weighted by atomic mass is 10.1. The molecule has 108 valence electrons. The van der Waals surface area contributed by atoms with Crippen molar-refractivity contribution in [1.29, 1.82) is 0 Å². The monoisotopic (exact) mass is 365 g/mol. The summed E-state index contributed by atoms with van der Waals surface area (Å²) in [6, 6.07) is 12.8. The number of carbonyl (C=O) groups excluding carboxylic acids is 1. The quantitative estimate of drug-likeness (QED) is 0.742. The molecule has 0 radical (unpaired) electrons. The molecule has 1 aliphatic rings. The fourth-order valence-electron chi connectivity index (χ4n) is 2.35. The third-order valence-electron chi connectivity index (χ3n) is 3.34. The first-order valence-electron chi connectivity index (χ1n) is 6.65. The molecule has 0 aromatic heterocycles. The molecule has 0 N–H and O–H groups in total. The molecule has 0 fully saturated rings.